The lowest BCUT2D eigenvalue weighted by atomic mass is 10.2. The van der Waals surface area contributed by atoms with Crippen molar-refractivity contribution in [2.45, 2.75) is 19.3 Å². The van der Waals surface area contributed by atoms with E-state index in [2.05, 4.69) is 15.9 Å². The van der Waals surface area contributed by atoms with Gasteiger partial charge in [-0.05, 0) is 31.0 Å². The molecule has 1 aromatic carbocycles. The third kappa shape index (κ3) is 5.42. The van der Waals surface area contributed by atoms with Crippen LogP contribution in [0.2, 0.25) is 0 Å². The highest BCUT2D eigenvalue weighted by Crippen LogP contribution is 2.17. The van der Waals surface area contributed by atoms with Crippen LogP contribution in [0.3, 0.4) is 0 Å². The van der Waals surface area contributed by atoms with Crippen molar-refractivity contribution in [3.63, 3.8) is 0 Å². The molecule has 1 aromatic rings. The van der Waals surface area contributed by atoms with Crippen molar-refractivity contribution < 1.29 is 14.6 Å². The Kier molecular flexibility index (Phi) is 5.18. The molecule has 0 amide bonds. The Morgan fingerprint density at radius 3 is 2.87 bits per heavy atom. The van der Waals surface area contributed by atoms with Crippen molar-refractivity contribution in [1.82, 2.24) is 0 Å². The van der Waals surface area contributed by atoms with E-state index >= 15 is 0 Å². The molecule has 0 fully saturated rings. The number of carbonyl (C=O) groups is 1. The summed E-state index contributed by atoms with van der Waals surface area (Å²) in [7, 11) is 0. The van der Waals surface area contributed by atoms with Crippen LogP contribution in [0.15, 0.2) is 28.7 Å². The van der Waals surface area contributed by atoms with Gasteiger partial charge in [-0.15, -0.1) is 0 Å². The summed E-state index contributed by atoms with van der Waals surface area (Å²) in [4.78, 5) is 10.2. The number of hydrogen-bond donors (Lipinski definition) is 1. The van der Waals surface area contributed by atoms with Crippen molar-refractivity contribution in [3.05, 3.63) is 28.7 Å². The van der Waals surface area contributed by atoms with Gasteiger partial charge in [-0.1, -0.05) is 22.0 Å². The van der Waals surface area contributed by atoms with Crippen LogP contribution in [0, 0.1) is 0 Å². The molecule has 0 saturated heterocycles. The van der Waals surface area contributed by atoms with Gasteiger partial charge in [-0.25, -0.2) is 0 Å². The average molecular weight is 273 g/mol. The van der Waals surface area contributed by atoms with E-state index in [0.717, 1.165) is 16.6 Å². The normalized spacial score (nSPS) is 9.93. The predicted molar refractivity (Wildman–Crippen MR) is 61.1 cm³/mol. The van der Waals surface area contributed by atoms with Crippen LogP contribution in [0.4, 0.5) is 0 Å². The van der Waals surface area contributed by atoms with Gasteiger partial charge in [0.2, 0.25) is 0 Å². The summed E-state index contributed by atoms with van der Waals surface area (Å²) >= 11 is 3.35. The lowest BCUT2D eigenvalue weighted by Crippen LogP contribution is -2.00. The number of carboxylic acid groups (broad SMARTS) is 1. The van der Waals surface area contributed by atoms with E-state index in [1.807, 2.05) is 24.3 Å². The Morgan fingerprint density at radius 1 is 1.40 bits per heavy atom. The standard InChI is InChI=1S/C11H13BrO3/c12-9-4-3-5-10(8-9)15-7-2-1-6-11(13)14/h3-5,8H,1-2,6-7H2,(H,13,14). The second kappa shape index (κ2) is 6.45. The lowest BCUT2D eigenvalue weighted by Gasteiger charge is -2.05. The number of ether oxygens (including phenoxy) is 1. The third-order valence-corrected chi connectivity index (χ3v) is 2.34. The van der Waals surface area contributed by atoms with Gasteiger partial charge in [0.05, 0.1) is 6.61 Å². The summed E-state index contributed by atoms with van der Waals surface area (Å²) in [6, 6.07) is 7.59. The summed E-state index contributed by atoms with van der Waals surface area (Å²) in [6.07, 6.45) is 1.63. The molecule has 0 aromatic heterocycles. The summed E-state index contributed by atoms with van der Waals surface area (Å²) < 4.78 is 6.42. The Morgan fingerprint density at radius 2 is 2.20 bits per heavy atom. The van der Waals surface area contributed by atoms with Crippen molar-refractivity contribution in [3.8, 4) is 5.75 Å². The Labute approximate surface area is 97.2 Å². The van der Waals surface area contributed by atoms with E-state index in [0.29, 0.717) is 13.0 Å². The molecular formula is C11H13BrO3. The monoisotopic (exact) mass is 272 g/mol. The highest BCUT2D eigenvalue weighted by Gasteiger charge is 1.97. The molecule has 0 aliphatic rings. The molecule has 0 aliphatic carbocycles. The van der Waals surface area contributed by atoms with Gasteiger partial charge in [0, 0.05) is 10.9 Å². The number of halogens is 1. The van der Waals surface area contributed by atoms with Gasteiger partial charge in [-0.3, -0.25) is 4.79 Å². The number of carboxylic acids is 1. The second-order valence-electron chi connectivity index (χ2n) is 3.16. The molecule has 0 aliphatic heterocycles. The smallest absolute Gasteiger partial charge is 0.303 e. The Balaban J connectivity index is 2.17. The average Bonchev–Trinajstić information content (AvgIpc) is 2.17. The van der Waals surface area contributed by atoms with E-state index < -0.39 is 5.97 Å². The first-order valence-corrected chi connectivity index (χ1v) is 5.58. The largest absolute Gasteiger partial charge is 0.494 e. The highest BCUT2D eigenvalue weighted by atomic mass is 79.9. The number of unbranched alkanes of at least 4 members (excludes halogenated alkanes) is 1. The topological polar surface area (TPSA) is 46.5 Å². The summed E-state index contributed by atoms with van der Waals surface area (Å²) in [5, 5.41) is 8.42. The van der Waals surface area contributed by atoms with Crippen molar-refractivity contribution in [1.29, 1.82) is 0 Å². The van der Waals surface area contributed by atoms with Gasteiger partial charge in [0.15, 0.2) is 0 Å². The number of benzene rings is 1. The van der Waals surface area contributed by atoms with E-state index in [1.165, 1.54) is 0 Å². The van der Waals surface area contributed by atoms with Gasteiger partial charge >= 0.3 is 5.97 Å². The van der Waals surface area contributed by atoms with Gasteiger partial charge in [0.25, 0.3) is 0 Å². The van der Waals surface area contributed by atoms with Crippen LogP contribution in [-0.4, -0.2) is 17.7 Å². The molecule has 0 radical (unpaired) electrons. The molecule has 15 heavy (non-hydrogen) atoms. The molecule has 0 unspecified atom stereocenters. The number of aliphatic carboxylic acids is 1. The first-order chi connectivity index (χ1) is 7.18. The molecule has 0 saturated carbocycles. The fraction of sp³-hybridized carbons (Fsp3) is 0.364. The number of rotatable bonds is 6. The minimum Gasteiger partial charge on any atom is -0.494 e. The maximum absolute atomic E-state index is 10.2. The molecule has 4 heteroatoms. The van der Waals surface area contributed by atoms with Crippen molar-refractivity contribution in [2.24, 2.45) is 0 Å². The fourth-order valence-corrected chi connectivity index (χ4v) is 1.50. The maximum atomic E-state index is 10.2. The minimum absolute atomic E-state index is 0.210. The first-order valence-electron chi connectivity index (χ1n) is 4.78. The zero-order chi connectivity index (χ0) is 11.1. The molecule has 0 atom stereocenters. The van der Waals surface area contributed by atoms with Crippen LogP contribution >= 0.6 is 15.9 Å². The van der Waals surface area contributed by atoms with Gasteiger partial charge < -0.3 is 9.84 Å². The van der Waals surface area contributed by atoms with Gasteiger partial charge in [0.1, 0.15) is 5.75 Å². The Hall–Kier alpha value is -1.03. The molecule has 0 spiro atoms. The molecule has 3 nitrogen and oxygen atoms in total. The molecule has 82 valence electrons. The Bertz CT molecular complexity index is 325. The van der Waals surface area contributed by atoms with E-state index in [1.54, 1.807) is 0 Å². The van der Waals surface area contributed by atoms with Crippen LogP contribution in [0.25, 0.3) is 0 Å². The second-order valence-corrected chi connectivity index (χ2v) is 4.07. The summed E-state index contributed by atoms with van der Waals surface area (Å²) in [5.41, 5.74) is 0. The van der Waals surface area contributed by atoms with E-state index in [-0.39, 0.29) is 6.42 Å². The highest BCUT2D eigenvalue weighted by molar-refractivity contribution is 9.10. The van der Waals surface area contributed by atoms with Crippen LogP contribution in [-0.2, 0) is 4.79 Å². The van der Waals surface area contributed by atoms with Crippen LogP contribution in [0.5, 0.6) is 5.75 Å². The maximum Gasteiger partial charge on any atom is 0.303 e. The number of hydrogen-bond acceptors (Lipinski definition) is 2. The quantitative estimate of drug-likeness (QED) is 0.810. The summed E-state index contributed by atoms with van der Waals surface area (Å²) in [5.74, 6) is 0.0529. The molecule has 0 bridgehead atoms. The van der Waals surface area contributed by atoms with Crippen LogP contribution < -0.4 is 4.74 Å². The predicted octanol–water partition coefficient (Wildman–Crippen LogP) is 3.08. The minimum atomic E-state index is -0.752. The van der Waals surface area contributed by atoms with Gasteiger partial charge in [-0.2, -0.15) is 0 Å². The molecule has 1 N–H and O–H groups in total. The first kappa shape index (κ1) is 12.0. The van der Waals surface area contributed by atoms with Crippen molar-refractivity contribution >= 4 is 21.9 Å². The zero-order valence-corrected chi connectivity index (χ0v) is 9.87. The summed E-state index contributed by atoms with van der Waals surface area (Å²) in [6.45, 7) is 0.559. The van der Waals surface area contributed by atoms with E-state index in [4.69, 9.17) is 9.84 Å². The van der Waals surface area contributed by atoms with Crippen LogP contribution in [0.1, 0.15) is 19.3 Å². The van der Waals surface area contributed by atoms with Crippen molar-refractivity contribution in [2.75, 3.05) is 6.61 Å². The SMILES string of the molecule is O=C(O)CCCCOc1cccc(Br)c1. The lowest BCUT2D eigenvalue weighted by molar-refractivity contribution is -0.137. The molecule has 1 rings (SSSR count). The molecular weight excluding hydrogens is 260 g/mol. The zero-order valence-electron chi connectivity index (χ0n) is 8.28. The molecule has 0 heterocycles. The van der Waals surface area contributed by atoms with E-state index in [9.17, 15) is 4.79 Å². The fourth-order valence-electron chi connectivity index (χ4n) is 1.13. The third-order valence-electron chi connectivity index (χ3n) is 1.85.